The number of carbonyl (C=O) groups excluding carboxylic acids is 3. The second-order valence-corrected chi connectivity index (χ2v) is 14.5. The number of thioether (sulfide) groups is 1. The van der Waals surface area contributed by atoms with E-state index in [1.165, 1.54) is 16.7 Å². The highest BCUT2D eigenvalue weighted by molar-refractivity contribution is 9.09. The van der Waals surface area contributed by atoms with Crippen LogP contribution in [0.25, 0.3) is 11.3 Å². The minimum Gasteiger partial charge on any atom is -0.460 e. The number of rotatable bonds is 6. The number of esters is 1. The van der Waals surface area contributed by atoms with Gasteiger partial charge >= 0.3 is 5.97 Å². The lowest BCUT2D eigenvalue weighted by molar-refractivity contribution is -0.163. The maximum absolute atomic E-state index is 13.3. The minimum atomic E-state index is -1.79. The van der Waals surface area contributed by atoms with E-state index < -0.39 is 50.4 Å². The van der Waals surface area contributed by atoms with Crippen molar-refractivity contribution in [3.63, 3.8) is 0 Å². The molecule has 2 aliphatic rings. The summed E-state index contributed by atoms with van der Waals surface area (Å²) in [5.41, 5.74) is 0.966. The van der Waals surface area contributed by atoms with E-state index in [0.717, 1.165) is 0 Å². The number of carbonyl (C=O) groups is 3. The summed E-state index contributed by atoms with van der Waals surface area (Å²) in [6.07, 6.45) is 0. The van der Waals surface area contributed by atoms with E-state index in [1.807, 2.05) is 13.8 Å². The Hall–Kier alpha value is -1.17. The van der Waals surface area contributed by atoms with Crippen molar-refractivity contribution in [1.29, 1.82) is 0 Å². The lowest BCUT2D eigenvalue weighted by Gasteiger charge is -2.44. The van der Waals surface area contributed by atoms with Crippen LogP contribution in [0.5, 0.6) is 0 Å². The van der Waals surface area contributed by atoms with Gasteiger partial charge < -0.3 is 19.5 Å². The zero-order valence-corrected chi connectivity index (χ0v) is 24.5. The van der Waals surface area contributed by atoms with Crippen LogP contribution >= 0.6 is 74.1 Å². The fourth-order valence-corrected chi connectivity index (χ4v) is 6.87. The van der Waals surface area contributed by atoms with E-state index in [0.29, 0.717) is 10.6 Å². The molecule has 2 aromatic rings. The third-order valence-corrected chi connectivity index (χ3v) is 9.91. The van der Waals surface area contributed by atoms with Crippen molar-refractivity contribution in [2.45, 2.75) is 51.6 Å². The molecule has 2 fully saturated rings. The molecule has 5 atom stereocenters. The van der Waals surface area contributed by atoms with Crippen LogP contribution in [0.2, 0.25) is 5.02 Å². The molecule has 0 aliphatic carbocycles. The van der Waals surface area contributed by atoms with Crippen LogP contribution in [0.4, 0.5) is 0 Å². The Kier molecular flexibility index (Phi) is 7.88. The molecule has 1 aromatic heterocycles. The zero-order valence-electron chi connectivity index (χ0n) is 19.1. The number of benzene rings is 1. The molecule has 1 N–H and O–H groups in total. The number of hydrogen-bond acceptors (Lipinski definition) is 7. The van der Waals surface area contributed by atoms with Crippen molar-refractivity contribution < 1.29 is 23.6 Å². The van der Waals surface area contributed by atoms with Crippen LogP contribution in [-0.4, -0.2) is 65.3 Å². The lowest BCUT2D eigenvalue weighted by Crippen LogP contribution is -2.71. The molecule has 3 heterocycles. The summed E-state index contributed by atoms with van der Waals surface area (Å²) in [6, 6.07) is 5.08. The van der Waals surface area contributed by atoms with Gasteiger partial charge in [-0.25, -0.2) is 4.79 Å². The third-order valence-electron chi connectivity index (χ3n) is 6.17. The van der Waals surface area contributed by atoms with Gasteiger partial charge in [0.25, 0.3) is 5.91 Å². The molecule has 0 saturated carbocycles. The van der Waals surface area contributed by atoms with Gasteiger partial charge in [-0.05, 0) is 19.9 Å². The van der Waals surface area contributed by atoms with E-state index in [1.54, 1.807) is 31.2 Å². The van der Waals surface area contributed by atoms with E-state index in [9.17, 15) is 14.4 Å². The molecule has 36 heavy (non-hydrogen) atoms. The maximum atomic E-state index is 13.3. The average Bonchev–Trinajstić information content (AvgIpc) is 3.32. The van der Waals surface area contributed by atoms with Crippen LogP contribution in [-0.2, 0) is 14.3 Å². The highest BCUT2D eigenvalue weighted by atomic mass is 79.9. The monoisotopic (exact) mass is 657 g/mol. The molecule has 0 radical (unpaired) electrons. The molecule has 4 unspecified atom stereocenters. The van der Waals surface area contributed by atoms with Gasteiger partial charge in [-0.1, -0.05) is 92.6 Å². The SMILES string of the molecule is Cc1onc(-c2ccccc2Cl)c1C(=O)NC1C(=O)N2C(C(=O)OCC(Cl)(Cl)Cl)C(C)(C(C)Br)S[C@H]12. The summed E-state index contributed by atoms with van der Waals surface area (Å²) < 4.78 is 7.92. The summed E-state index contributed by atoms with van der Waals surface area (Å²) in [5, 5.41) is 6.67. The summed E-state index contributed by atoms with van der Waals surface area (Å²) in [4.78, 5) is 40.7. The molecule has 0 spiro atoms. The second-order valence-electron chi connectivity index (χ2n) is 8.57. The minimum absolute atomic E-state index is 0.174. The Labute approximate surface area is 239 Å². The van der Waals surface area contributed by atoms with Gasteiger partial charge in [-0.2, -0.15) is 0 Å². The Morgan fingerprint density at radius 1 is 1.36 bits per heavy atom. The van der Waals surface area contributed by atoms with Gasteiger partial charge in [0.1, 0.15) is 41.1 Å². The predicted octanol–water partition coefficient (Wildman–Crippen LogP) is 5.14. The van der Waals surface area contributed by atoms with Crippen molar-refractivity contribution in [3.8, 4) is 11.3 Å². The van der Waals surface area contributed by atoms with Crippen molar-refractivity contribution in [2.24, 2.45) is 0 Å². The number of aromatic nitrogens is 1. The Morgan fingerprint density at radius 3 is 2.64 bits per heavy atom. The highest BCUT2D eigenvalue weighted by Gasteiger charge is 2.67. The van der Waals surface area contributed by atoms with Crippen LogP contribution in [0.3, 0.4) is 0 Å². The van der Waals surface area contributed by atoms with Crippen LogP contribution in [0.15, 0.2) is 28.8 Å². The quantitative estimate of drug-likeness (QED) is 0.260. The Morgan fingerprint density at radius 2 is 2.03 bits per heavy atom. The number of nitrogens with one attached hydrogen (secondary N) is 1. The van der Waals surface area contributed by atoms with Crippen molar-refractivity contribution in [3.05, 3.63) is 40.6 Å². The maximum Gasteiger partial charge on any atom is 0.330 e. The van der Waals surface area contributed by atoms with Crippen molar-refractivity contribution in [1.82, 2.24) is 15.4 Å². The van der Waals surface area contributed by atoms with E-state index in [2.05, 4.69) is 26.4 Å². The smallest absolute Gasteiger partial charge is 0.330 e. The molecule has 0 bridgehead atoms. The second kappa shape index (κ2) is 10.2. The van der Waals surface area contributed by atoms with E-state index in [-0.39, 0.29) is 21.8 Å². The van der Waals surface area contributed by atoms with Crippen molar-refractivity contribution >= 4 is 91.9 Å². The van der Waals surface area contributed by atoms with Crippen molar-refractivity contribution in [2.75, 3.05) is 6.61 Å². The first-order valence-corrected chi connectivity index (χ1v) is 14.0. The van der Waals surface area contributed by atoms with Gasteiger partial charge in [0.2, 0.25) is 9.70 Å². The van der Waals surface area contributed by atoms with E-state index >= 15 is 0 Å². The summed E-state index contributed by atoms with van der Waals surface area (Å²) >= 11 is 28.4. The average molecular weight is 660 g/mol. The molecule has 8 nitrogen and oxygen atoms in total. The molecule has 2 amide bonds. The molecule has 194 valence electrons. The number of halogens is 5. The first kappa shape index (κ1) is 27.9. The van der Waals surface area contributed by atoms with Gasteiger partial charge in [0, 0.05) is 10.4 Å². The molecule has 1 aromatic carbocycles. The van der Waals surface area contributed by atoms with Gasteiger partial charge in [-0.3, -0.25) is 9.59 Å². The molecule has 2 saturated heterocycles. The predicted molar refractivity (Wildman–Crippen MR) is 143 cm³/mol. The summed E-state index contributed by atoms with van der Waals surface area (Å²) in [6.45, 7) is 4.83. The highest BCUT2D eigenvalue weighted by Crippen LogP contribution is 2.54. The van der Waals surface area contributed by atoms with Crippen LogP contribution in [0.1, 0.15) is 30.0 Å². The number of ether oxygens (including phenoxy) is 1. The molecule has 2 aliphatic heterocycles. The van der Waals surface area contributed by atoms with Gasteiger partial charge in [0.15, 0.2) is 0 Å². The number of alkyl halides is 4. The first-order chi connectivity index (χ1) is 16.8. The van der Waals surface area contributed by atoms with Crippen LogP contribution in [0, 0.1) is 6.92 Å². The zero-order chi connectivity index (χ0) is 26.6. The molecular formula is C22H20BrCl4N3O5S. The van der Waals surface area contributed by atoms with Crippen LogP contribution < -0.4 is 5.32 Å². The Balaban J connectivity index is 1.57. The number of aryl methyl sites for hydroxylation is 1. The number of β-lactam (4-membered cyclic amide) rings is 1. The number of fused-ring (bicyclic) bond motifs is 1. The fraction of sp³-hybridized carbons (Fsp3) is 0.455. The summed E-state index contributed by atoms with van der Waals surface area (Å²) in [5.74, 6) is -1.39. The van der Waals surface area contributed by atoms with Gasteiger partial charge in [-0.15, -0.1) is 11.8 Å². The summed E-state index contributed by atoms with van der Waals surface area (Å²) in [7, 11) is 0. The largest absolute Gasteiger partial charge is 0.460 e. The third kappa shape index (κ3) is 4.97. The standard InChI is InChI=1S/C22H20BrCl4N3O5S/c1-9-13(14(29-35-9)11-6-4-5-7-12(11)24)17(31)28-15-18(32)30-16(20(33)34-8-22(25,26)27)21(3,10(2)23)36-19(15)30/h4-7,10,15-16,19H,8H2,1-3H3,(H,28,31)/t10?,15?,16?,19-,21?/m1/s1. The number of hydrogen-bond donors (Lipinski definition) is 1. The van der Waals surface area contributed by atoms with Gasteiger partial charge in [0.05, 0.1) is 9.77 Å². The lowest BCUT2D eigenvalue weighted by atomic mass is 9.92. The number of amides is 2. The van der Waals surface area contributed by atoms with E-state index in [4.69, 9.17) is 55.7 Å². The Bertz CT molecular complexity index is 1220. The molecule has 4 rings (SSSR count). The number of nitrogens with zero attached hydrogens (tertiary/aromatic N) is 2. The molecular weight excluding hydrogens is 640 g/mol. The fourth-order valence-electron chi connectivity index (χ4n) is 4.20. The first-order valence-electron chi connectivity index (χ1n) is 10.7. The normalized spacial score (nSPS) is 26.3. The topological polar surface area (TPSA) is 102 Å². The molecule has 14 heteroatoms.